The first kappa shape index (κ1) is 27.2. The van der Waals surface area contributed by atoms with E-state index < -0.39 is 0 Å². The molecule has 1 heteroatoms. The van der Waals surface area contributed by atoms with Gasteiger partial charge in [-0.3, -0.25) is 0 Å². The van der Waals surface area contributed by atoms with Crippen molar-refractivity contribution in [1.82, 2.24) is 0 Å². The second-order valence-corrected chi connectivity index (χ2v) is 12.3. The standard InChI is InChI=1S/C26H56Si/c1-25(2,3)22-20-18-16-14-12-10-8-7-9-11-13-15-17-19-21-24(23-27)26(4,5)6/h24H,7-23H2,1-6,27H3. The molecular weight excluding hydrogens is 340 g/mol. The molecule has 27 heavy (non-hydrogen) atoms. The molecule has 0 heterocycles. The van der Waals surface area contributed by atoms with Gasteiger partial charge in [0.2, 0.25) is 0 Å². The molecular formula is C26H56Si. The highest BCUT2D eigenvalue weighted by Gasteiger charge is 2.21. The Labute approximate surface area is 177 Å². The summed E-state index contributed by atoms with van der Waals surface area (Å²) >= 11 is 0. The molecule has 0 rings (SSSR count). The van der Waals surface area contributed by atoms with Crippen LogP contribution in [0.5, 0.6) is 0 Å². The molecule has 0 aliphatic rings. The fourth-order valence-electron chi connectivity index (χ4n) is 4.42. The lowest BCUT2D eigenvalue weighted by Crippen LogP contribution is -2.19. The van der Waals surface area contributed by atoms with Gasteiger partial charge in [0, 0.05) is 10.2 Å². The van der Waals surface area contributed by atoms with Crippen molar-refractivity contribution < 1.29 is 0 Å². The van der Waals surface area contributed by atoms with Crippen LogP contribution in [0, 0.1) is 16.7 Å². The molecule has 0 aromatic carbocycles. The highest BCUT2D eigenvalue weighted by atomic mass is 28.1. The van der Waals surface area contributed by atoms with E-state index in [9.17, 15) is 0 Å². The Hall–Kier alpha value is 0.217. The summed E-state index contributed by atoms with van der Waals surface area (Å²) in [6.07, 6.45) is 23.5. The van der Waals surface area contributed by atoms with Crippen LogP contribution >= 0.6 is 0 Å². The normalized spacial score (nSPS) is 14.0. The molecule has 0 bridgehead atoms. The third-order valence-corrected chi connectivity index (χ3v) is 7.43. The lowest BCUT2D eigenvalue weighted by atomic mass is 9.79. The smallest absolute Gasteiger partial charge is 0.00317 e. The quantitative estimate of drug-likeness (QED) is 0.170. The van der Waals surface area contributed by atoms with Crippen molar-refractivity contribution in [3.8, 4) is 0 Å². The Kier molecular flexibility index (Phi) is 16.2. The van der Waals surface area contributed by atoms with Gasteiger partial charge in [0.05, 0.1) is 0 Å². The predicted octanol–water partition coefficient (Wildman–Crippen LogP) is 8.72. The monoisotopic (exact) mass is 396 g/mol. The average Bonchev–Trinajstić information content (AvgIpc) is 2.55. The lowest BCUT2D eigenvalue weighted by Gasteiger charge is -2.29. The Morgan fingerprint density at radius 2 is 0.852 bits per heavy atom. The topological polar surface area (TPSA) is 0 Å². The molecule has 164 valence electrons. The maximum absolute atomic E-state index is 2.43. The van der Waals surface area contributed by atoms with Gasteiger partial charge >= 0.3 is 0 Å². The first-order valence-corrected chi connectivity index (χ1v) is 14.1. The van der Waals surface area contributed by atoms with E-state index in [4.69, 9.17) is 0 Å². The van der Waals surface area contributed by atoms with Crippen LogP contribution in [0.25, 0.3) is 0 Å². The van der Waals surface area contributed by atoms with Crippen LogP contribution in [0.4, 0.5) is 0 Å². The molecule has 0 spiro atoms. The third-order valence-electron chi connectivity index (χ3n) is 6.45. The van der Waals surface area contributed by atoms with E-state index in [1.807, 2.05) is 0 Å². The zero-order valence-electron chi connectivity index (χ0n) is 20.6. The summed E-state index contributed by atoms with van der Waals surface area (Å²) in [6.45, 7) is 14.4. The van der Waals surface area contributed by atoms with E-state index in [0.717, 1.165) is 5.92 Å². The number of unbranched alkanes of at least 4 members (excludes halogenated alkanes) is 13. The minimum absolute atomic E-state index is 0.533. The summed E-state index contributed by atoms with van der Waals surface area (Å²) in [5.41, 5.74) is 1.07. The van der Waals surface area contributed by atoms with Crippen molar-refractivity contribution in [2.24, 2.45) is 16.7 Å². The summed E-state index contributed by atoms with van der Waals surface area (Å²) in [6, 6.07) is 1.49. The Bertz CT molecular complexity index is 307. The molecule has 1 atom stereocenters. The van der Waals surface area contributed by atoms with Crippen LogP contribution in [0.2, 0.25) is 6.04 Å². The van der Waals surface area contributed by atoms with Gasteiger partial charge in [-0.15, -0.1) is 0 Å². The molecule has 0 aromatic rings. The zero-order valence-corrected chi connectivity index (χ0v) is 22.6. The van der Waals surface area contributed by atoms with Crippen LogP contribution in [0.3, 0.4) is 0 Å². The van der Waals surface area contributed by atoms with Crippen molar-refractivity contribution >= 4 is 10.2 Å². The van der Waals surface area contributed by atoms with Crippen LogP contribution in [0.1, 0.15) is 144 Å². The molecule has 0 amide bonds. The van der Waals surface area contributed by atoms with Crippen molar-refractivity contribution in [1.29, 1.82) is 0 Å². The minimum atomic E-state index is 0.533. The Morgan fingerprint density at radius 1 is 0.519 bits per heavy atom. The third kappa shape index (κ3) is 19.3. The summed E-state index contributed by atoms with van der Waals surface area (Å²) in [7, 11) is 1.37. The first-order valence-electron chi connectivity index (χ1n) is 12.7. The SMILES string of the molecule is CC(C)(C)CCCCCCCCCCCCCCCCC(C[SiH3])C(C)(C)C. The zero-order chi connectivity index (χ0) is 20.6. The Morgan fingerprint density at radius 3 is 1.15 bits per heavy atom. The molecule has 0 fully saturated rings. The van der Waals surface area contributed by atoms with E-state index in [1.165, 1.54) is 119 Å². The molecule has 0 saturated carbocycles. The molecule has 1 unspecified atom stereocenters. The molecule has 0 aliphatic carbocycles. The summed E-state index contributed by atoms with van der Waals surface area (Å²) < 4.78 is 0. The predicted molar refractivity (Wildman–Crippen MR) is 131 cm³/mol. The van der Waals surface area contributed by atoms with Crippen LogP contribution in [0.15, 0.2) is 0 Å². The summed E-state index contributed by atoms with van der Waals surface area (Å²) in [5.74, 6) is 0.975. The largest absolute Gasteiger partial charge is 0.0626 e. The van der Waals surface area contributed by atoms with Crippen molar-refractivity contribution in [3.63, 3.8) is 0 Å². The van der Waals surface area contributed by atoms with Gasteiger partial charge in [0.15, 0.2) is 0 Å². The van der Waals surface area contributed by atoms with Crippen LogP contribution in [-0.4, -0.2) is 10.2 Å². The van der Waals surface area contributed by atoms with E-state index in [1.54, 1.807) is 0 Å². The molecule has 0 radical (unpaired) electrons. The first-order chi connectivity index (χ1) is 12.7. The van der Waals surface area contributed by atoms with Gasteiger partial charge in [-0.25, -0.2) is 0 Å². The van der Waals surface area contributed by atoms with Gasteiger partial charge in [-0.1, -0.05) is 144 Å². The van der Waals surface area contributed by atoms with Crippen LogP contribution in [-0.2, 0) is 0 Å². The van der Waals surface area contributed by atoms with Crippen molar-refractivity contribution in [2.75, 3.05) is 0 Å². The fourth-order valence-corrected chi connectivity index (χ4v) is 6.05. The minimum Gasteiger partial charge on any atom is -0.0626 e. The Balaban J connectivity index is 3.23. The molecule has 0 N–H and O–H groups in total. The van der Waals surface area contributed by atoms with E-state index in [-0.39, 0.29) is 0 Å². The highest BCUT2D eigenvalue weighted by molar-refractivity contribution is 6.08. The second kappa shape index (κ2) is 16.1. The summed E-state index contributed by atoms with van der Waals surface area (Å²) in [4.78, 5) is 0. The molecule has 0 nitrogen and oxygen atoms in total. The number of hydrogen-bond acceptors (Lipinski definition) is 0. The number of rotatable bonds is 17. The van der Waals surface area contributed by atoms with Gasteiger partial charge in [-0.2, -0.15) is 0 Å². The highest BCUT2D eigenvalue weighted by Crippen LogP contribution is 2.32. The summed E-state index contributed by atoms with van der Waals surface area (Å²) in [5, 5.41) is 0. The van der Waals surface area contributed by atoms with E-state index in [2.05, 4.69) is 41.5 Å². The average molecular weight is 397 g/mol. The second-order valence-electron chi connectivity index (χ2n) is 11.5. The van der Waals surface area contributed by atoms with E-state index >= 15 is 0 Å². The van der Waals surface area contributed by atoms with Crippen molar-refractivity contribution in [2.45, 2.75) is 150 Å². The maximum atomic E-state index is 2.43. The van der Waals surface area contributed by atoms with E-state index in [0.29, 0.717) is 10.8 Å². The van der Waals surface area contributed by atoms with Gasteiger partial charge < -0.3 is 0 Å². The fraction of sp³-hybridized carbons (Fsp3) is 1.00. The van der Waals surface area contributed by atoms with Crippen molar-refractivity contribution in [3.05, 3.63) is 0 Å². The van der Waals surface area contributed by atoms with Gasteiger partial charge in [-0.05, 0) is 23.2 Å². The number of hydrogen-bond donors (Lipinski definition) is 0. The van der Waals surface area contributed by atoms with Gasteiger partial charge in [0.1, 0.15) is 0 Å². The maximum Gasteiger partial charge on any atom is 0.00317 e. The lowest BCUT2D eigenvalue weighted by molar-refractivity contribution is 0.241. The van der Waals surface area contributed by atoms with Gasteiger partial charge in [0.25, 0.3) is 0 Å². The molecule has 0 saturated heterocycles. The molecule has 0 aliphatic heterocycles. The molecule has 0 aromatic heterocycles. The van der Waals surface area contributed by atoms with Crippen LogP contribution < -0.4 is 0 Å².